The SMILES string of the molecule is Cc1cc(C)n2c(-c3ccc(N)s3)nnc2n1. The van der Waals surface area contributed by atoms with Crippen LogP contribution in [0.5, 0.6) is 0 Å². The predicted molar refractivity (Wildman–Crippen MR) is 68.0 cm³/mol. The third kappa shape index (κ3) is 1.57. The molecule has 0 saturated carbocycles. The summed E-state index contributed by atoms with van der Waals surface area (Å²) in [5, 5.41) is 9.05. The number of fused-ring (bicyclic) bond motifs is 1. The first-order chi connectivity index (χ1) is 8.15. The maximum atomic E-state index is 5.74. The van der Waals surface area contributed by atoms with Crippen molar-refractivity contribution in [1.82, 2.24) is 19.6 Å². The summed E-state index contributed by atoms with van der Waals surface area (Å²) < 4.78 is 1.94. The first kappa shape index (κ1) is 10.2. The maximum Gasteiger partial charge on any atom is 0.255 e. The summed E-state index contributed by atoms with van der Waals surface area (Å²) in [4.78, 5) is 5.36. The fraction of sp³-hybridized carbons (Fsp3) is 0.182. The Kier molecular flexibility index (Phi) is 2.12. The Hall–Kier alpha value is -1.95. The van der Waals surface area contributed by atoms with Gasteiger partial charge in [0, 0.05) is 11.4 Å². The van der Waals surface area contributed by atoms with Gasteiger partial charge in [0.2, 0.25) is 0 Å². The van der Waals surface area contributed by atoms with Gasteiger partial charge in [0.25, 0.3) is 5.78 Å². The average molecular weight is 245 g/mol. The Morgan fingerprint density at radius 2 is 2.06 bits per heavy atom. The van der Waals surface area contributed by atoms with Crippen molar-refractivity contribution >= 4 is 22.1 Å². The minimum atomic E-state index is 0.629. The van der Waals surface area contributed by atoms with Crippen LogP contribution in [0, 0.1) is 13.8 Å². The quantitative estimate of drug-likeness (QED) is 0.712. The zero-order valence-corrected chi connectivity index (χ0v) is 10.3. The van der Waals surface area contributed by atoms with Crippen LogP contribution in [0.4, 0.5) is 5.00 Å². The summed E-state index contributed by atoms with van der Waals surface area (Å²) in [6, 6.07) is 5.84. The first-order valence-electron chi connectivity index (χ1n) is 5.20. The molecule has 0 spiro atoms. The van der Waals surface area contributed by atoms with E-state index in [9.17, 15) is 0 Å². The van der Waals surface area contributed by atoms with Crippen molar-refractivity contribution in [3.63, 3.8) is 0 Å². The standard InChI is InChI=1S/C11H11N5S/c1-6-5-7(2)16-10(14-15-11(16)13-6)8-3-4-9(12)17-8/h3-5H,12H2,1-2H3. The van der Waals surface area contributed by atoms with Crippen LogP contribution in [0.2, 0.25) is 0 Å². The molecule has 5 nitrogen and oxygen atoms in total. The van der Waals surface area contributed by atoms with E-state index in [0.717, 1.165) is 27.1 Å². The van der Waals surface area contributed by atoms with E-state index in [2.05, 4.69) is 15.2 Å². The number of nitrogens with two attached hydrogens (primary N) is 1. The van der Waals surface area contributed by atoms with E-state index in [1.165, 1.54) is 11.3 Å². The molecule has 0 atom stereocenters. The molecule has 0 aromatic carbocycles. The summed E-state index contributed by atoms with van der Waals surface area (Å²) in [6.45, 7) is 3.97. The second-order valence-corrected chi connectivity index (χ2v) is 5.02. The molecule has 86 valence electrons. The molecular weight excluding hydrogens is 234 g/mol. The summed E-state index contributed by atoms with van der Waals surface area (Å²) in [6.07, 6.45) is 0. The zero-order chi connectivity index (χ0) is 12.0. The van der Waals surface area contributed by atoms with Crippen LogP contribution in [-0.2, 0) is 0 Å². The lowest BCUT2D eigenvalue weighted by Crippen LogP contribution is -1.97. The fourth-order valence-corrected chi connectivity index (χ4v) is 2.61. The molecule has 3 aromatic rings. The van der Waals surface area contributed by atoms with Crippen LogP contribution in [0.15, 0.2) is 18.2 Å². The van der Waals surface area contributed by atoms with Crippen molar-refractivity contribution in [2.45, 2.75) is 13.8 Å². The predicted octanol–water partition coefficient (Wildman–Crippen LogP) is 2.05. The molecule has 6 heteroatoms. The number of thiophene rings is 1. The average Bonchev–Trinajstić information content (AvgIpc) is 2.83. The lowest BCUT2D eigenvalue weighted by Gasteiger charge is -2.02. The maximum absolute atomic E-state index is 5.74. The number of rotatable bonds is 1. The second-order valence-electron chi connectivity index (χ2n) is 3.90. The molecular formula is C11H11N5S. The van der Waals surface area contributed by atoms with Gasteiger partial charge in [0.15, 0.2) is 5.82 Å². The van der Waals surface area contributed by atoms with Crippen molar-refractivity contribution in [3.05, 3.63) is 29.6 Å². The van der Waals surface area contributed by atoms with Gasteiger partial charge >= 0.3 is 0 Å². The lowest BCUT2D eigenvalue weighted by atomic mass is 10.3. The molecule has 0 radical (unpaired) electrons. The van der Waals surface area contributed by atoms with Crippen molar-refractivity contribution in [2.75, 3.05) is 5.73 Å². The van der Waals surface area contributed by atoms with Gasteiger partial charge in [0.05, 0.1) is 9.88 Å². The van der Waals surface area contributed by atoms with E-state index < -0.39 is 0 Å². The number of nitrogens with zero attached hydrogens (tertiary/aromatic N) is 4. The van der Waals surface area contributed by atoms with E-state index in [-0.39, 0.29) is 0 Å². The molecule has 0 unspecified atom stereocenters. The molecule has 3 rings (SSSR count). The topological polar surface area (TPSA) is 69.1 Å². The van der Waals surface area contributed by atoms with Crippen molar-refractivity contribution in [1.29, 1.82) is 0 Å². The second kappa shape index (κ2) is 3.53. The third-order valence-electron chi connectivity index (χ3n) is 2.54. The molecule has 0 amide bonds. The molecule has 0 fully saturated rings. The van der Waals surface area contributed by atoms with E-state index in [1.807, 2.05) is 36.4 Å². The molecule has 3 aromatic heterocycles. The summed E-state index contributed by atoms with van der Waals surface area (Å²) >= 11 is 1.50. The number of hydrogen-bond donors (Lipinski definition) is 1. The van der Waals surface area contributed by atoms with Gasteiger partial charge in [-0.3, -0.25) is 4.40 Å². The van der Waals surface area contributed by atoms with E-state index in [4.69, 9.17) is 5.73 Å². The first-order valence-corrected chi connectivity index (χ1v) is 6.02. The van der Waals surface area contributed by atoms with Gasteiger partial charge in [-0.1, -0.05) is 0 Å². The van der Waals surface area contributed by atoms with E-state index in [1.54, 1.807) is 0 Å². The lowest BCUT2D eigenvalue weighted by molar-refractivity contribution is 1.02. The molecule has 0 saturated heterocycles. The Morgan fingerprint density at radius 3 is 2.76 bits per heavy atom. The van der Waals surface area contributed by atoms with Crippen LogP contribution in [0.3, 0.4) is 0 Å². The van der Waals surface area contributed by atoms with E-state index in [0.29, 0.717) is 5.78 Å². The number of hydrogen-bond acceptors (Lipinski definition) is 5. The minimum absolute atomic E-state index is 0.629. The Balaban J connectivity index is 2.31. The van der Waals surface area contributed by atoms with Gasteiger partial charge in [0.1, 0.15) is 0 Å². The van der Waals surface area contributed by atoms with Crippen LogP contribution in [0.25, 0.3) is 16.5 Å². The monoisotopic (exact) mass is 245 g/mol. The highest BCUT2D eigenvalue weighted by atomic mass is 32.1. The van der Waals surface area contributed by atoms with Crippen LogP contribution >= 0.6 is 11.3 Å². The fourth-order valence-electron chi connectivity index (χ4n) is 1.86. The zero-order valence-electron chi connectivity index (χ0n) is 9.51. The third-order valence-corrected chi connectivity index (χ3v) is 3.45. The largest absolute Gasteiger partial charge is 0.391 e. The minimum Gasteiger partial charge on any atom is -0.391 e. The molecule has 0 bridgehead atoms. The van der Waals surface area contributed by atoms with Crippen LogP contribution in [0.1, 0.15) is 11.4 Å². The highest BCUT2D eigenvalue weighted by Gasteiger charge is 2.12. The Bertz CT molecular complexity index is 697. The van der Waals surface area contributed by atoms with Gasteiger partial charge in [-0.25, -0.2) is 4.98 Å². The molecule has 0 aliphatic heterocycles. The summed E-state index contributed by atoms with van der Waals surface area (Å²) in [5.74, 6) is 1.43. The summed E-state index contributed by atoms with van der Waals surface area (Å²) in [5.41, 5.74) is 7.75. The molecule has 0 aliphatic carbocycles. The van der Waals surface area contributed by atoms with Gasteiger partial charge < -0.3 is 5.73 Å². The molecule has 2 N–H and O–H groups in total. The summed E-state index contributed by atoms with van der Waals surface area (Å²) in [7, 11) is 0. The number of nitrogen functional groups attached to an aromatic ring is 1. The van der Waals surface area contributed by atoms with Gasteiger partial charge in [-0.05, 0) is 32.0 Å². The smallest absolute Gasteiger partial charge is 0.255 e. The number of aromatic nitrogens is 4. The van der Waals surface area contributed by atoms with Gasteiger partial charge in [-0.2, -0.15) is 0 Å². The normalized spacial score (nSPS) is 11.2. The van der Waals surface area contributed by atoms with Crippen molar-refractivity contribution in [2.24, 2.45) is 0 Å². The van der Waals surface area contributed by atoms with E-state index >= 15 is 0 Å². The van der Waals surface area contributed by atoms with Gasteiger partial charge in [-0.15, -0.1) is 21.5 Å². The Morgan fingerprint density at radius 1 is 1.24 bits per heavy atom. The molecule has 17 heavy (non-hydrogen) atoms. The number of aryl methyl sites for hydroxylation is 2. The molecule has 3 heterocycles. The highest BCUT2D eigenvalue weighted by Crippen LogP contribution is 2.28. The van der Waals surface area contributed by atoms with Crippen LogP contribution < -0.4 is 5.73 Å². The van der Waals surface area contributed by atoms with Crippen LogP contribution in [-0.4, -0.2) is 19.6 Å². The van der Waals surface area contributed by atoms with Crippen molar-refractivity contribution in [3.8, 4) is 10.7 Å². The Labute approximate surface area is 102 Å². The highest BCUT2D eigenvalue weighted by molar-refractivity contribution is 7.19. The van der Waals surface area contributed by atoms with Crippen molar-refractivity contribution < 1.29 is 0 Å². The number of anilines is 1. The molecule has 0 aliphatic rings.